The van der Waals surface area contributed by atoms with Crippen LogP contribution in [0.25, 0.3) is 11.0 Å². The summed E-state index contributed by atoms with van der Waals surface area (Å²) in [7, 11) is 1.88. The van der Waals surface area contributed by atoms with Crippen molar-refractivity contribution in [3.8, 4) is 0 Å². The third-order valence-electron chi connectivity index (χ3n) is 4.78. The Kier molecular flexibility index (Phi) is 4.68. The van der Waals surface area contributed by atoms with Gasteiger partial charge in [0.25, 0.3) is 5.91 Å². The Morgan fingerprint density at radius 2 is 2.04 bits per heavy atom. The lowest BCUT2D eigenvalue weighted by Crippen LogP contribution is -2.59. The van der Waals surface area contributed by atoms with E-state index in [0.29, 0.717) is 30.8 Å². The van der Waals surface area contributed by atoms with Crippen molar-refractivity contribution in [1.82, 2.24) is 19.9 Å². The fourth-order valence-corrected chi connectivity index (χ4v) is 3.32. The maximum atomic E-state index is 12.7. The van der Waals surface area contributed by atoms with Gasteiger partial charge in [-0.25, -0.2) is 14.8 Å². The molecular formula is C20H21N5O3. The standard InChI is InChI=1S/C20H21N5O3/c1-3-28-20(27)13-7-8-17(21-9-13)25-10-14(11-25)23-19(26)15-5-4-6-16-18(15)24(2)12-22-16/h4-9,12,14H,3,10-11H2,1-2H3,(H,23,26). The fourth-order valence-electron chi connectivity index (χ4n) is 3.32. The molecule has 4 rings (SSSR count). The van der Waals surface area contributed by atoms with Crippen LogP contribution in [0.2, 0.25) is 0 Å². The molecule has 3 aromatic rings. The molecule has 1 amide bonds. The molecule has 144 valence electrons. The molecule has 1 aliphatic heterocycles. The van der Waals surface area contributed by atoms with E-state index >= 15 is 0 Å². The van der Waals surface area contributed by atoms with Crippen molar-refractivity contribution in [2.45, 2.75) is 13.0 Å². The second-order valence-electron chi connectivity index (χ2n) is 6.73. The first-order valence-electron chi connectivity index (χ1n) is 9.16. The molecule has 1 aliphatic rings. The number of carbonyl (C=O) groups is 2. The number of nitrogens with one attached hydrogen (secondary N) is 1. The zero-order chi connectivity index (χ0) is 19.7. The molecular weight excluding hydrogens is 358 g/mol. The smallest absolute Gasteiger partial charge is 0.339 e. The van der Waals surface area contributed by atoms with Crippen molar-refractivity contribution in [3.63, 3.8) is 0 Å². The quantitative estimate of drug-likeness (QED) is 0.680. The molecule has 28 heavy (non-hydrogen) atoms. The third-order valence-corrected chi connectivity index (χ3v) is 4.78. The van der Waals surface area contributed by atoms with E-state index in [4.69, 9.17) is 4.74 Å². The lowest BCUT2D eigenvalue weighted by molar-refractivity contribution is 0.0525. The Morgan fingerprint density at radius 3 is 2.75 bits per heavy atom. The molecule has 3 heterocycles. The maximum Gasteiger partial charge on any atom is 0.339 e. The molecule has 0 atom stereocenters. The highest BCUT2D eigenvalue weighted by atomic mass is 16.5. The van der Waals surface area contributed by atoms with Crippen LogP contribution in [-0.4, -0.2) is 52.1 Å². The van der Waals surface area contributed by atoms with Crippen molar-refractivity contribution >= 4 is 28.7 Å². The summed E-state index contributed by atoms with van der Waals surface area (Å²) in [4.78, 5) is 35.0. The minimum absolute atomic E-state index is 0.0440. The van der Waals surface area contributed by atoms with Gasteiger partial charge in [0.15, 0.2) is 0 Å². The van der Waals surface area contributed by atoms with E-state index in [0.717, 1.165) is 16.9 Å². The number of aryl methyl sites for hydroxylation is 1. The number of para-hydroxylation sites is 1. The van der Waals surface area contributed by atoms with Gasteiger partial charge in [0.1, 0.15) is 5.82 Å². The van der Waals surface area contributed by atoms with Crippen molar-refractivity contribution < 1.29 is 14.3 Å². The number of aromatic nitrogens is 3. The average Bonchev–Trinajstić information content (AvgIpc) is 3.06. The van der Waals surface area contributed by atoms with Gasteiger partial charge in [0.2, 0.25) is 0 Å². The summed E-state index contributed by atoms with van der Waals surface area (Å²) in [5, 5.41) is 3.06. The Balaban J connectivity index is 1.37. The average molecular weight is 379 g/mol. The largest absolute Gasteiger partial charge is 0.462 e. The molecule has 1 saturated heterocycles. The second-order valence-corrected chi connectivity index (χ2v) is 6.73. The lowest BCUT2D eigenvalue weighted by atomic mass is 10.1. The highest BCUT2D eigenvalue weighted by Gasteiger charge is 2.30. The van der Waals surface area contributed by atoms with Crippen LogP contribution in [0.1, 0.15) is 27.6 Å². The number of amides is 1. The Bertz CT molecular complexity index is 1020. The zero-order valence-electron chi connectivity index (χ0n) is 15.8. The first-order valence-corrected chi connectivity index (χ1v) is 9.16. The zero-order valence-corrected chi connectivity index (χ0v) is 15.8. The van der Waals surface area contributed by atoms with Crippen LogP contribution < -0.4 is 10.2 Å². The number of carbonyl (C=O) groups excluding carboxylic acids is 2. The van der Waals surface area contributed by atoms with Crippen LogP contribution in [0.15, 0.2) is 42.9 Å². The summed E-state index contributed by atoms with van der Waals surface area (Å²) in [5.41, 5.74) is 2.68. The highest BCUT2D eigenvalue weighted by molar-refractivity contribution is 6.05. The molecule has 0 spiro atoms. The summed E-state index contributed by atoms with van der Waals surface area (Å²) < 4.78 is 6.81. The molecule has 8 nitrogen and oxygen atoms in total. The van der Waals surface area contributed by atoms with Crippen LogP contribution >= 0.6 is 0 Å². The van der Waals surface area contributed by atoms with Gasteiger partial charge in [-0.2, -0.15) is 0 Å². The van der Waals surface area contributed by atoms with E-state index < -0.39 is 0 Å². The number of pyridine rings is 1. The van der Waals surface area contributed by atoms with Crippen LogP contribution in [0.5, 0.6) is 0 Å². The van der Waals surface area contributed by atoms with Crippen LogP contribution in [-0.2, 0) is 11.8 Å². The van der Waals surface area contributed by atoms with Gasteiger partial charge in [0.05, 0.1) is 41.1 Å². The molecule has 0 radical (unpaired) electrons. The van der Waals surface area contributed by atoms with Gasteiger partial charge < -0.3 is 19.5 Å². The van der Waals surface area contributed by atoms with Crippen molar-refractivity contribution in [3.05, 3.63) is 54.0 Å². The monoisotopic (exact) mass is 379 g/mol. The Morgan fingerprint density at radius 1 is 1.21 bits per heavy atom. The second kappa shape index (κ2) is 7.30. The molecule has 0 bridgehead atoms. The summed E-state index contributed by atoms with van der Waals surface area (Å²) in [6.07, 6.45) is 3.22. The van der Waals surface area contributed by atoms with Gasteiger partial charge >= 0.3 is 5.97 Å². The Hall–Kier alpha value is -3.42. The minimum Gasteiger partial charge on any atom is -0.462 e. The van der Waals surface area contributed by atoms with E-state index in [1.165, 1.54) is 6.20 Å². The SMILES string of the molecule is CCOC(=O)c1ccc(N2CC(NC(=O)c3cccc4ncn(C)c34)C2)nc1. The van der Waals surface area contributed by atoms with Crippen molar-refractivity contribution in [2.24, 2.45) is 7.05 Å². The van der Waals surface area contributed by atoms with Gasteiger partial charge in [-0.3, -0.25) is 4.79 Å². The predicted molar refractivity (Wildman–Crippen MR) is 104 cm³/mol. The van der Waals surface area contributed by atoms with Crippen molar-refractivity contribution in [1.29, 1.82) is 0 Å². The molecule has 0 saturated carbocycles. The van der Waals surface area contributed by atoms with Crippen LogP contribution in [0.4, 0.5) is 5.82 Å². The number of anilines is 1. The summed E-state index contributed by atoms with van der Waals surface area (Å²) >= 11 is 0. The minimum atomic E-state index is -0.375. The van der Waals surface area contributed by atoms with Gasteiger partial charge in [-0.1, -0.05) is 6.07 Å². The summed E-state index contributed by atoms with van der Waals surface area (Å²) in [6.45, 7) is 3.43. The third kappa shape index (κ3) is 3.28. The number of esters is 1. The first-order chi connectivity index (χ1) is 13.6. The van der Waals surface area contributed by atoms with Crippen LogP contribution in [0.3, 0.4) is 0 Å². The molecule has 1 N–H and O–H groups in total. The molecule has 0 unspecified atom stereocenters. The Labute approximate surface area is 162 Å². The number of imidazole rings is 1. The lowest BCUT2D eigenvalue weighted by Gasteiger charge is -2.40. The molecule has 2 aromatic heterocycles. The van der Waals surface area contributed by atoms with E-state index in [1.54, 1.807) is 25.4 Å². The maximum absolute atomic E-state index is 12.7. The molecule has 8 heteroatoms. The number of hydrogen-bond acceptors (Lipinski definition) is 6. The number of nitrogens with zero attached hydrogens (tertiary/aromatic N) is 4. The highest BCUT2D eigenvalue weighted by Crippen LogP contribution is 2.21. The van der Waals surface area contributed by atoms with E-state index in [-0.39, 0.29) is 17.9 Å². The van der Waals surface area contributed by atoms with Crippen molar-refractivity contribution in [2.75, 3.05) is 24.6 Å². The van der Waals surface area contributed by atoms with Crippen LogP contribution in [0, 0.1) is 0 Å². The van der Waals surface area contributed by atoms with Gasteiger partial charge in [-0.15, -0.1) is 0 Å². The number of fused-ring (bicyclic) bond motifs is 1. The van der Waals surface area contributed by atoms with E-state index in [1.807, 2.05) is 34.7 Å². The fraction of sp³-hybridized carbons (Fsp3) is 0.300. The summed E-state index contributed by atoms with van der Waals surface area (Å²) in [5.74, 6) is 0.288. The van der Waals surface area contributed by atoms with Gasteiger partial charge in [0, 0.05) is 26.3 Å². The molecule has 0 aliphatic carbocycles. The number of hydrogen-bond donors (Lipinski definition) is 1. The topological polar surface area (TPSA) is 89.4 Å². The molecule has 1 aromatic carbocycles. The van der Waals surface area contributed by atoms with E-state index in [2.05, 4.69) is 15.3 Å². The first kappa shape index (κ1) is 18.0. The van der Waals surface area contributed by atoms with Gasteiger partial charge in [-0.05, 0) is 31.2 Å². The number of rotatable bonds is 5. The number of benzene rings is 1. The molecule has 1 fully saturated rings. The predicted octanol–water partition coefficient (Wildman–Crippen LogP) is 1.76. The summed E-state index contributed by atoms with van der Waals surface area (Å²) in [6, 6.07) is 9.08. The number of ether oxygens (including phenoxy) is 1. The van der Waals surface area contributed by atoms with E-state index in [9.17, 15) is 9.59 Å². The normalized spacial score (nSPS) is 14.0.